The maximum atomic E-state index is 2.47. The Morgan fingerprint density at radius 1 is 0.950 bits per heavy atom. The van der Waals surface area contributed by atoms with Crippen molar-refractivity contribution in [2.75, 3.05) is 18.0 Å². The van der Waals surface area contributed by atoms with E-state index in [0.717, 1.165) is 19.5 Å². The zero-order valence-corrected chi connectivity index (χ0v) is 13.0. The molecule has 0 aliphatic heterocycles. The van der Waals surface area contributed by atoms with Crippen LogP contribution in [0, 0.1) is 13.8 Å². The van der Waals surface area contributed by atoms with Gasteiger partial charge in [0.1, 0.15) is 0 Å². The van der Waals surface area contributed by atoms with E-state index in [2.05, 4.69) is 62.9 Å². The molecule has 0 fully saturated rings. The van der Waals surface area contributed by atoms with Crippen molar-refractivity contribution in [3.63, 3.8) is 0 Å². The second-order valence-electron chi connectivity index (χ2n) is 5.76. The monoisotopic (exact) mass is 265 g/mol. The quantitative estimate of drug-likeness (QED) is 0.662. The van der Waals surface area contributed by atoms with Crippen LogP contribution in [-0.2, 0) is 6.42 Å². The van der Waals surface area contributed by atoms with Crippen molar-refractivity contribution in [3.05, 3.63) is 52.6 Å². The van der Waals surface area contributed by atoms with Gasteiger partial charge in [-0.3, -0.25) is 0 Å². The predicted octanol–water partition coefficient (Wildman–Crippen LogP) is 4.72. The molecule has 2 aromatic carbocycles. The van der Waals surface area contributed by atoms with E-state index in [1.54, 1.807) is 0 Å². The highest BCUT2D eigenvalue weighted by molar-refractivity contribution is 5.83. The Labute approximate surface area is 122 Å². The summed E-state index contributed by atoms with van der Waals surface area (Å²) in [5.41, 5.74) is 10.1. The molecule has 0 aromatic heterocycles. The zero-order valence-electron chi connectivity index (χ0n) is 13.0. The Morgan fingerprint density at radius 3 is 2.40 bits per heavy atom. The number of aryl methyl sites for hydroxylation is 2. The van der Waals surface area contributed by atoms with E-state index in [1.807, 2.05) is 0 Å². The van der Waals surface area contributed by atoms with Crippen LogP contribution in [0.4, 0.5) is 5.69 Å². The van der Waals surface area contributed by atoms with Gasteiger partial charge in [0.25, 0.3) is 0 Å². The van der Waals surface area contributed by atoms with Gasteiger partial charge in [-0.1, -0.05) is 29.8 Å². The zero-order chi connectivity index (χ0) is 14.3. The molecular formula is C19H23N. The fourth-order valence-corrected chi connectivity index (χ4v) is 3.52. The lowest BCUT2D eigenvalue weighted by molar-refractivity contribution is 0.860. The van der Waals surface area contributed by atoms with Crippen molar-refractivity contribution in [3.8, 4) is 11.1 Å². The number of hydrogen-bond acceptors (Lipinski definition) is 1. The van der Waals surface area contributed by atoms with Gasteiger partial charge in [0.2, 0.25) is 0 Å². The highest BCUT2D eigenvalue weighted by atomic mass is 15.1. The van der Waals surface area contributed by atoms with Gasteiger partial charge in [0, 0.05) is 25.2 Å². The van der Waals surface area contributed by atoms with E-state index in [-0.39, 0.29) is 0 Å². The Hall–Kier alpha value is -1.76. The molecule has 1 nitrogen and oxygen atoms in total. The van der Waals surface area contributed by atoms with Crippen LogP contribution in [0.3, 0.4) is 0 Å². The first-order chi connectivity index (χ1) is 9.65. The van der Waals surface area contributed by atoms with E-state index < -0.39 is 0 Å². The second kappa shape index (κ2) is 4.97. The summed E-state index contributed by atoms with van der Waals surface area (Å²) in [6, 6.07) is 11.4. The molecule has 0 spiro atoms. The van der Waals surface area contributed by atoms with Gasteiger partial charge in [0.05, 0.1) is 0 Å². The van der Waals surface area contributed by atoms with E-state index in [1.165, 1.54) is 39.1 Å². The van der Waals surface area contributed by atoms with Crippen molar-refractivity contribution in [2.24, 2.45) is 0 Å². The highest BCUT2D eigenvalue weighted by Crippen LogP contribution is 2.43. The number of rotatable bonds is 3. The fourth-order valence-electron chi connectivity index (χ4n) is 3.52. The first-order valence-corrected chi connectivity index (χ1v) is 7.63. The summed E-state index contributed by atoms with van der Waals surface area (Å²) < 4.78 is 0. The molecule has 20 heavy (non-hydrogen) atoms. The van der Waals surface area contributed by atoms with Crippen molar-refractivity contribution in [2.45, 2.75) is 34.1 Å². The number of benzene rings is 2. The smallest absolute Gasteiger partial charge is 0.0408 e. The molecule has 0 heterocycles. The molecule has 0 saturated heterocycles. The molecule has 104 valence electrons. The van der Waals surface area contributed by atoms with Crippen LogP contribution >= 0.6 is 0 Å². The molecule has 0 bridgehead atoms. The van der Waals surface area contributed by atoms with Crippen LogP contribution in [0.5, 0.6) is 0 Å². The summed E-state index contributed by atoms with van der Waals surface area (Å²) in [7, 11) is 0. The van der Waals surface area contributed by atoms with Gasteiger partial charge >= 0.3 is 0 Å². The van der Waals surface area contributed by atoms with Gasteiger partial charge in [-0.15, -0.1) is 0 Å². The van der Waals surface area contributed by atoms with E-state index in [4.69, 9.17) is 0 Å². The maximum Gasteiger partial charge on any atom is 0.0408 e. The van der Waals surface area contributed by atoms with Crippen LogP contribution in [0.15, 0.2) is 30.3 Å². The van der Waals surface area contributed by atoms with Crippen LogP contribution in [0.2, 0.25) is 0 Å². The van der Waals surface area contributed by atoms with Crippen molar-refractivity contribution >= 4 is 5.69 Å². The lowest BCUT2D eigenvalue weighted by atomic mass is 9.99. The van der Waals surface area contributed by atoms with Crippen molar-refractivity contribution in [1.29, 1.82) is 0 Å². The predicted molar refractivity (Wildman–Crippen MR) is 87.7 cm³/mol. The third-order valence-corrected chi connectivity index (χ3v) is 4.52. The van der Waals surface area contributed by atoms with Gasteiger partial charge in [-0.25, -0.2) is 0 Å². The van der Waals surface area contributed by atoms with Crippen LogP contribution < -0.4 is 4.90 Å². The number of fused-ring (bicyclic) bond motifs is 3. The minimum Gasteiger partial charge on any atom is -0.372 e. The van der Waals surface area contributed by atoms with Gasteiger partial charge in [0.15, 0.2) is 0 Å². The molecule has 0 saturated carbocycles. The highest BCUT2D eigenvalue weighted by Gasteiger charge is 2.23. The van der Waals surface area contributed by atoms with E-state index >= 15 is 0 Å². The molecule has 0 atom stereocenters. The molecule has 0 amide bonds. The second-order valence-corrected chi connectivity index (χ2v) is 5.76. The molecule has 0 N–H and O–H groups in total. The molecule has 0 radical (unpaired) electrons. The summed E-state index contributed by atoms with van der Waals surface area (Å²) in [6.45, 7) is 11.1. The van der Waals surface area contributed by atoms with Gasteiger partial charge in [-0.05, 0) is 61.6 Å². The topological polar surface area (TPSA) is 3.24 Å². The third-order valence-electron chi connectivity index (χ3n) is 4.52. The fraction of sp³-hybridized carbons (Fsp3) is 0.368. The summed E-state index contributed by atoms with van der Waals surface area (Å²) in [6.07, 6.45) is 1.09. The lowest BCUT2D eigenvalue weighted by Gasteiger charge is -2.24. The number of hydrogen-bond donors (Lipinski definition) is 0. The summed E-state index contributed by atoms with van der Waals surface area (Å²) in [5.74, 6) is 0. The molecule has 1 heteroatoms. The first kappa shape index (κ1) is 13.2. The van der Waals surface area contributed by atoms with Gasteiger partial charge in [-0.2, -0.15) is 0 Å². The first-order valence-electron chi connectivity index (χ1n) is 7.63. The maximum absolute atomic E-state index is 2.47. The standard InChI is InChI=1S/C19H23N/c1-5-20(6-2)19-9-7-8-15-17-11-13(3)10-14(4)16(17)12-18(15)19/h7-11H,5-6,12H2,1-4H3. The van der Waals surface area contributed by atoms with Crippen molar-refractivity contribution < 1.29 is 0 Å². The summed E-state index contributed by atoms with van der Waals surface area (Å²) in [5, 5.41) is 0. The SMILES string of the molecule is CCN(CC)c1cccc2c1Cc1c(C)cc(C)cc1-2. The average Bonchev–Trinajstić information content (AvgIpc) is 2.80. The summed E-state index contributed by atoms with van der Waals surface area (Å²) in [4.78, 5) is 2.47. The van der Waals surface area contributed by atoms with Crippen LogP contribution in [-0.4, -0.2) is 13.1 Å². The Bertz CT molecular complexity index is 651. The van der Waals surface area contributed by atoms with Gasteiger partial charge < -0.3 is 4.90 Å². The molecular weight excluding hydrogens is 242 g/mol. The molecule has 1 aliphatic rings. The Balaban J connectivity index is 2.18. The Kier molecular flexibility index (Phi) is 3.29. The lowest BCUT2D eigenvalue weighted by Crippen LogP contribution is -2.23. The molecule has 3 rings (SSSR count). The normalized spacial score (nSPS) is 12.2. The minimum atomic E-state index is 1.07. The van der Waals surface area contributed by atoms with E-state index in [9.17, 15) is 0 Å². The average molecular weight is 265 g/mol. The Morgan fingerprint density at radius 2 is 1.70 bits per heavy atom. The van der Waals surface area contributed by atoms with Crippen LogP contribution in [0.1, 0.15) is 36.1 Å². The van der Waals surface area contributed by atoms with Crippen molar-refractivity contribution in [1.82, 2.24) is 0 Å². The molecule has 0 unspecified atom stereocenters. The molecule has 2 aromatic rings. The molecule has 1 aliphatic carbocycles. The van der Waals surface area contributed by atoms with Crippen LogP contribution in [0.25, 0.3) is 11.1 Å². The minimum absolute atomic E-state index is 1.07. The summed E-state index contributed by atoms with van der Waals surface area (Å²) >= 11 is 0. The third kappa shape index (κ3) is 1.93. The number of anilines is 1. The largest absolute Gasteiger partial charge is 0.372 e. The van der Waals surface area contributed by atoms with E-state index in [0.29, 0.717) is 0 Å². The number of nitrogens with zero attached hydrogens (tertiary/aromatic N) is 1.